The molecule has 1 aromatic rings. The number of anilines is 1. The van der Waals surface area contributed by atoms with Gasteiger partial charge in [-0.3, -0.25) is 0 Å². The van der Waals surface area contributed by atoms with E-state index in [0.29, 0.717) is 12.2 Å². The van der Waals surface area contributed by atoms with Gasteiger partial charge in [0.25, 0.3) is 0 Å². The normalized spacial score (nSPS) is 11.3. The predicted molar refractivity (Wildman–Crippen MR) is 78.8 cm³/mol. The van der Waals surface area contributed by atoms with Crippen molar-refractivity contribution in [3.8, 4) is 6.07 Å². The van der Waals surface area contributed by atoms with Gasteiger partial charge < -0.3 is 10.2 Å². The highest BCUT2D eigenvalue weighted by Gasteiger charge is 2.11. The molecule has 110 valence electrons. The van der Waals surface area contributed by atoms with Gasteiger partial charge in [-0.2, -0.15) is 5.26 Å². The van der Waals surface area contributed by atoms with Crippen LogP contribution in [0.3, 0.4) is 0 Å². The second-order valence-electron chi connectivity index (χ2n) is 4.32. The maximum Gasteiger partial charge on any atom is 0.238 e. The molecule has 7 heteroatoms. The second kappa shape index (κ2) is 7.24. The highest BCUT2D eigenvalue weighted by molar-refractivity contribution is 7.89. The van der Waals surface area contributed by atoms with Crippen molar-refractivity contribution in [2.24, 2.45) is 5.14 Å². The van der Waals surface area contributed by atoms with Crippen molar-refractivity contribution in [3.63, 3.8) is 0 Å². The predicted octanol–water partition coefficient (Wildman–Crippen LogP) is 0.959. The molecule has 0 heterocycles. The molecule has 0 aromatic heterocycles. The Morgan fingerprint density at radius 1 is 1.35 bits per heavy atom. The second-order valence-corrected chi connectivity index (χ2v) is 5.88. The Kier molecular flexibility index (Phi) is 5.95. The highest BCUT2D eigenvalue weighted by atomic mass is 32.2. The van der Waals surface area contributed by atoms with E-state index in [2.05, 4.69) is 24.1 Å². The van der Waals surface area contributed by atoms with Crippen LogP contribution in [0.5, 0.6) is 0 Å². The zero-order chi connectivity index (χ0) is 15.2. The van der Waals surface area contributed by atoms with E-state index in [1.54, 1.807) is 6.07 Å². The number of sulfonamides is 1. The Morgan fingerprint density at radius 3 is 2.50 bits per heavy atom. The van der Waals surface area contributed by atoms with Gasteiger partial charge in [-0.25, -0.2) is 13.6 Å². The Hall–Kier alpha value is -1.62. The number of nitrogens with zero attached hydrogens (tertiary/aromatic N) is 2. The van der Waals surface area contributed by atoms with E-state index < -0.39 is 10.0 Å². The number of nitrogens with one attached hydrogen (secondary N) is 1. The summed E-state index contributed by atoms with van der Waals surface area (Å²) in [7, 11) is -3.78. The van der Waals surface area contributed by atoms with Crippen LogP contribution in [0.1, 0.15) is 19.4 Å². The SMILES string of the molecule is CCN(CC)CCNc1ccc(S(N)(=O)=O)cc1C#N. The van der Waals surface area contributed by atoms with Crippen molar-refractivity contribution in [3.05, 3.63) is 23.8 Å². The summed E-state index contributed by atoms with van der Waals surface area (Å²) < 4.78 is 22.5. The lowest BCUT2D eigenvalue weighted by Crippen LogP contribution is -2.28. The number of primary sulfonamides is 1. The summed E-state index contributed by atoms with van der Waals surface area (Å²) in [5, 5.41) is 17.3. The van der Waals surface area contributed by atoms with Crippen LogP contribution in [-0.4, -0.2) is 39.5 Å². The first-order valence-electron chi connectivity index (χ1n) is 6.45. The maximum absolute atomic E-state index is 11.2. The molecule has 0 spiro atoms. The molecule has 1 aromatic carbocycles. The van der Waals surface area contributed by atoms with Gasteiger partial charge in [-0.1, -0.05) is 13.8 Å². The molecule has 0 aliphatic heterocycles. The average Bonchev–Trinajstić information content (AvgIpc) is 2.42. The largest absolute Gasteiger partial charge is 0.383 e. The van der Waals surface area contributed by atoms with Crippen LogP contribution >= 0.6 is 0 Å². The minimum Gasteiger partial charge on any atom is -0.383 e. The van der Waals surface area contributed by atoms with Crippen LogP contribution in [0.2, 0.25) is 0 Å². The first-order chi connectivity index (χ1) is 9.42. The third-order valence-electron chi connectivity index (χ3n) is 3.08. The number of benzene rings is 1. The van der Waals surface area contributed by atoms with Gasteiger partial charge in [-0.05, 0) is 31.3 Å². The third kappa shape index (κ3) is 4.49. The first-order valence-corrected chi connectivity index (χ1v) is 8.00. The summed E-state index contributed by atoms with van der Waals surface area (Å²) in [6, 6.07) is 6.23. The number of nitriles is 1. The fourth-order valence-electron chi connectivity index (χ4n) is 1.84. The summed E-state index contributed by atoms with van der Waals surface area (Å²) in [6.07, 6.45) is 0. The molecule has 1 rings (SSSR count). The van der Waals surface area contributed by atoms with Gasteiger partial charge in [-0.15, -0.1) is 0 Å². The Bertz CT molecular complexity index is 589. The van der Waals surface area contributed by atoms with E-state index >= 15 is 0 Å². The molecule has 0 bridgehead atoms. The average molecular weight is 296 g/mol. The molecule has 20 heavy (non-hydrogen) atoms. The Morgan fingerprint density at radius 2 is 2.00 bits per heavy atom. The zero-order valence-corrected chi connectivity index (χ0v) is 12.6. The van der Waals surface area contributed by atoms with Crippen LogP contribution in [-0.2, 0) is 10.0 Å². The summed E-state index contributed by atoms with van der Waals surface area (Å²) >= 11 is 0. The number of nitrogens with two attached hydrogens (primary N) is 1. The van der Waals surface area contributed by atoms with E-state index in [1.807, 2.05) is 6.07 Å². The molecule has 0 aliphatic carbocycles. The summed E-state index contributed by atoms with van der Waals surface area (Å²) in [5.74, 6) is 0. The van der Waals surface area contributed by atoms with Gasteiger partial charge in [0.15, 0.2) is 0 Å². The summed E-state index contributed by atoms with van der Waals surface area (Å²) in [4.78, 5) is 2.20. The molecule has 0 amide bonds. The van der Waals surface area contributed by atoms with Crippen LogP contribution in [0.4, 0.5) is 5.69 Å². The summed E-state index contributed by atoms with van der Waals surface area (Å²) in [5.41, 5.74) is 0.892. The molecule has 0 saturated heterocycles. The van der Waals surface area contributed by atoms with Crippen LogP contribution in [0.25, 0.3) is 0 Å². The highest BCUT2D eigenvalue weighted by Crippen LogP contribution is 2.18. The lowest BCUT2D eigenvalue weighted by atomic mass is 10.2. The first kappa shape index (κ1) is 16.4. The molecular formula is C13H20N4O2S. The van der Waals surface area contributed by atoms with E-state index in [1.165, 1.54) is 12.1 Å². The van der Waals surface area contributed by atoms with Crippen molar-refractivity contribution in [1.82, 2.24) is 4.90 Å². The molecule has 0 unspecified atom stereocenters. The molecule has 0 saturated carbocycles. The van der Waals surface area contributed by atoms with Crippen LogP contribution in [0, 0.1) is 11.3 Å². The molecule has 0 radical (unpaired) electrons. The molecule has 0 aliphatic rings. The van der Waals surface area contributed by atoms with Crippen molar-refractivity contribution >= 4 is 15.7 Å². The molecule has 6 nitrogen and oxygen atoms in total. The number of rotatable bonds is 7. The van der Waals surface area contributed by atoms with Gasteiger partial charge >= 0.3 is 0 Å². The van der Waals surface area contributed by atoms with E-state index in [-0.39, 0.29) is 10.5 Å². The van der Waals surface area contributed by atoms with Crippen molar-refractivity contribution < 1.29 is 8.42 Å². The van der Waals surface area contributed by atoms with Gasteiger partial charge in [0.1, 0.15) is 6.07 Å². The molecular weight excluding hydrogens is 276 g/mol. The number of hydrogen-bond donors (Lipinski definition) is 2. The standard InChI is InChI=1S/C13H20N4O2S/c1-3-17(4-2)8-7-16-13-6-5-12(20(15,18)19)9-11(13)10-14/h5-6,9,16H,3-4,7-8H2,1-2H3,(H2,15,18,19). The lowest BCUT2D eigenvalue weighted by Gasteiger charge is -2.18. The monoisotopic (exact) mass is 296 g/mol. The maximum atomic E-state index is 11.2. The molecule has 0 atom stereocenters. The number of hydrogen-bond acceptors (Lipinski definition) is 5. The molecule has 0 fully saturated rings. The zero-order valence-electron chi connectivity index (χ0n) is 11.8. The van der Waals surface area contributed by atoms with Crippen LogP contribution in [0.15, 0.2) is 23.1 Å². The number of likely N-dealkylation sites (N-methyl/N-ethyl adjacent to an activating group) is 1. The smallest absolute Gasteiger partial charge is 0.238 e. The fraction of sp³-hybridized carbons (Fsp3) is 0.462. The van der Waals surface area contributed by atoms with Gasteiger partial charge in [0, 0.05) is 13.1 Å². The lowest BCUT2D eigenvalue weighted by molar-refractivity contribution is 0.316. The van der Waals surface area contributed by atoms with Crippen LogP contribution < -0.4 is 10.5 Å². The van der Waals surface area contributed by atoms with Crippen molar-refractivity contribution in [2.75, 3.05) is 31.5 Å². The van der Waals surface area contributed by atoms with Crippen molar-refractivity contribution in [2.45, 2.75) is 18.7 Å². The van der Waals surface area contributed by atoms with E-state index in [4.69, 9.17) is 10.4 Å². The quantitative estimate of drug-likeness (QED) is 0.780. The summed E-state index contributed by atoms with van der Waals surface area (Å²) in [6.45, 7) is 7.65. The third-order valence-corrected chi connectivity index (χ3v) is 3.99. The minimum atomic E-state index is -3.78. The molecule has 3 N–H and O–H groups in total. The fourth-order valence-corrected chi connectivity index (χ4v) is 2.38. The van der Waals surface area contributed by atoms with Gasteiger partial charge in [0.05, 0.1) is 16.1 Å². The topological polar surface area (TPSA) is 99.2 Å². The van der Waals surface area contributed by atoms with E-state index in [9.17, 15) is 8.42 Å². The van der Waals surface area contributed by atoms with Gasteiger partial charge in [0.2, 0.25) is 10.0 Å². The minimum absolute atomic E-state index is 0.0525. The Labute approximate surface area is 120 Å². The Balaban J connectivity index is 2.80. The van der Waals surface area contributed by atoms with Crippen molar-refractivity contribution in [1.29, 1.82) is 5.26 Å². The van der Waals surface area contributed by atoms with E-state index in [0.717, 1.165) is 19.6 Å².